The Bertz CT molecular complexity index is 292. The number of piperazine rings is 1. The van der Waals surface area contributed by atoms with Gasteiger partial charge in [-0.25, -0.2) is 0 Å². The van der Waals surface area contributed by atoms with Gasteiger partial charge in [0.25, 0.3) is 0 Å². The molecule has 0 saturated carbocycles. The monoisotopic (exact) mass is 198 g/mol. The summed E-state index contributed by atoms with van der Waals surface area (Å²) >= 11 is 0. The number of amides is 2. The fourth-order valence-corrected chi connectivity index (χ4v) is 1.93. The van der Waals surface area contributed by atoms with E-state index in [-0.39, 0.29) is 11.8 Å². The quantitative estimate of drug-likeness (QED) is 0.498. The van der Waals surface area contributed by atoms with Gasteiger partial charge in [0.05, 0.1) is 12.1 Å². The van der Waals surface area contributed by atoms with Crippen LogP contribution in [-0.4, -0.2) is 36.1 Å². The van der Waals surface area contributed by atoms with Gasteiger partial charge in [-0.2, -0.15) is 0 Å². The number of ether oxygens (including phenoxy) is 1. The van der Waals surface area contributed by atoms with E-state index in [4.69, 9.17) is 4.74 Å². The van der Waals surface area contributed by atoms with E-state index in [2.05, 4.69) is 10.6 Å². The molecular weight excluding hydrogens is 184 g/mol. The predicted octanol–water partition coefficient (Wildman–Crippen LogP) is -0.830. The Kier molecular flexibility index (Phi) is 1.90. The molecule has 1 atom stereocenters. The molecule has 0 aliphatic carbocycles. The van der Waals surface area contributed by atoms with Crippen molar-refractivity contribution in [3.8, 4) is 0 Å². The second-order valence-corrected chi connectivity index (χ2v) is 4.42. The van der Waals surface area contributed by atoms with Crippen molar-refractivity contribution >= 4 is 11.8 Å². The SMILES string of the molecule is CC1(C)NC2(CCOC2)C(=O)NC1=O. The van der Waals surface area contributed by atoms with Crippen molar-refractivity contribution < 1.29 is 14.3 Å². The van der Waals surface area contributed by atoms with Gasteiger partial charge in [-0.05, 0) is 13.8 Å². The molecule has 5 nitrogen and oxygen atoms in total. The average Bonchev–Trinajstić information content (AvgIpc) is 2.51. The van der Waals surface area contributed by atoms with Gasteiger partial charge < -0.3 is 4.74 Å². The fourth-order valence-electron chi connectivity index (χ4n) is 1.93. The molecule has 0 radical (unpaired) electrons. The maximum atomic E-state index is 11.6. The van der Waals surface area contributed by atoms with Crippen molar-refractivity contribution in [2.45, 2.75) is 31.3 Å². The van der Waals surface area contributed by atoms with Crippen LogP contribution in [0.25, 0.3) is 0 Å². The minimum Gasteiger partial charge on any atom is -0.379 e. The summed E-state index contributed by atoms with van der Waals surface area (Å²) in [6.07, 6.45) is 0.621. The molecule has 0 bridgehead atoms. The lowest BCUT2D eigenvalue weighted by atomic mass is 9.88. The topological polar surface area (TPSA) is 67.4 Å². The molecule has 2 heterocycles. The summed E-state index contributed by atoms with van der Waals surface area (Å²) in [5.41, 5.74) is -1.40. The number of carbonyl (C=O) groups excluding carboxylic acids is 2. The second-order valence-electron chi connectivity index (χ2n) is 4.42. The number of carbonyl (C=O) groups is 2. The van der Waals surface area contributed by atoms with Crippen LogP contribution in [0, 0.1) is 0 Å². The van der Waals surface area contributed by atoms with Gasteiger partial charge in [-0.15, -0.1) is 0 Å². The largest absolute Gasteiger partial charge is 0.379 e. The molecule has 1 unspecified atom stereocenters. The van der Waals surface area contributed by atoms with Gasteiger partial charge in [0.1, 0.15) is 5.54 Å². The number of nitrogens with one attached hydrogen (secondary N) is 2. The maximum Gasteiger partial charge on any atom is 0.249 e. The molecule has 2 amide bonds. The third-order valence-corrected chi connectivity index (χ3v) is 2.80. The standard InChI is InChI=1S/C9H14N2O3/c1-8(2)6(12)10-7(13)9(11-8)3-4-14-5-9/h11H,3-5H2,1-2H3,(H,10,12,13). The van der Waals surface area contributed by atoms with Crippen LogP contribution in [0.1, 0.15) is 20.3 Å². The molecule has 14 heavy (non-hydrogen) atoms. The Hall–Kier alpha value is -0.940. The molecule has 0 aromatic rings. The first kappa shape index (κ1) is 9.61. The highest BCUT2D eigenvalue weighted by molar-refractivity contribution is 6.06. The van der Waals surface area contributed by atoms with Crippen LogP contribution in [0.3, 0.4) is 0 Å². The van der Waals surface area contributed by atoms with Crippen molar-refractivity contribution in [1.29, 1.82) is 0 Å². The molecule has 2 rings (SSSR count). The van der Waals surface area contributed by atoms with E-state index in [0.29, 0.717) is 19.6 Å². The lowest BCUT2D eigenvalue weighted by Gasteiger charge is -2.40. The lowest BCUT2D eigenvalue weighted by molar-refractivity contribution is -0.144. The van der Waals surface area contributed by atoms with Gasteiger partial charge in [0.15, 0.2) is 0 Å². The fraction of sp³-hybridized carbons (Fsp3) is 0.778. The first-order chi connectivity index (χ1) is 6.46. The summed E-state index contributed by atoms with van der Waals surface area (Å²) in [7, 11) is 0. The van der Waals surface area contributed by atoms with Crippen LogP contribution in [0.15, 0.2) is 0 Å². The number of hydrogen-bond donors (Lipinski definition) is 2. The Labute approximate surface area is 82.2 Å². The smallest absolute Gasteiger partial charge is 0.249 e. The van der Waals surface area contributed by atoms with E-state index in [0.717, 1.165) is 0 Å². The highest BCUT2D eigenvalue weighted by Crippen LogP contribution is 2.25. The molecule has 2 saturated heterocycles. The Balaban J connectivity index is 2.28. The summed E-state index contributed by atoms with van der Waals surface area (Å²) in [4.78, 5) is 23.1. The average molecular weight is 198 g/mol. The molecule has 2 aliphatic rings. The third kappa shape index (κ3) is 1.24. The summed E-state index contributed by atoms with van der Waals surface area (Å²) in [6.45, 7) is 4.42. The van der Waals surface area contributed by atoms with E-state index in [1.807, 2.05) is 0 Å². The predicted molar refractivity (Wildman–Crippen MR) is 48.5 cm³/mol. The second kappa shape index (κ2) is 2.77. The minimum atomic E-state index is -0.707. The van der Waals surface area contributed by atoms with Crippen LogP contribution in [0.4, 0.5) is 0 Å². The molecule has 5 heteroatoms. The summed E-state index contributed by atoms with van der Waals surface area (Å²) in [5.74, 6) is -0.542. The lowest BCUT2D eigenvalue weighted by Crippen LogP contribution is -2.74. The molecule has 78 valence electrons. The molecule has 2 fully saturated rings. The van der Waals surface area contributed by atoms with Crippen LogP contribution in [0.5, 0.6) is 0 Å². The van der Waals surface area contributed by atoms with Crippen molar-refractivity contribution in [3.63, 3.8) is 0 Å². The van der Waals surface area contributed by atoms with Crippen molar-refractivity contribution in [1.82, 2.24) is 10.6 Å². The van der Waals surface area contributed by atoms with E-state index in [9.17, 15) is 9.59 Å². The van der Waals surface area contributed by atoms with E-state index in [1.54, 1.807) is 13.8 Å². The Morgan fingerprint density at radius 2 is 2.00 bits per heavy atom. The van der Waals surface area contributed by atoms with Crippen molar-refractivity contribution in [3.05, 3.63) is 0 Å². The highest BCUT2D eigenvalue weighted by Gasteiger charge is 2.52. The maximum absolute atomic E-state index is 11.6. The third-order valence-electron chi connectivity index (χ3n) is 2.80. The van der Waals surface area contributed by atoms with Crippen LogP contribution in [0.2, 0.25) is 0 Å². The first-order valence-electron chi connectivity index (χ1n) is 4.69. The molecule has 0 aromatic carbocycles. The van der Waals surface area contributed by atoms with Crippen molar-refractivity contribution in [2.75, 3.05) is 13.2 Å². The van der Waals surface area contributed by atoms with Crippen LogP contribution >= 0.6 is 0 Å². The molecule has 0 aromatic heterocycles. The number of hydrogen-bond acceptors (Lipinski definition) is 4. The van der Waals surface area contributed by atoms with Crippen LogP contribution < -0.4 is 10.6 Å². The Morgan fingerprint density at radius 1 is 1.29 bits per heavy atom. The van der Waals surface area contributed by atoms with E-state index < -0.39 is 11.1 Å². The van der Waals surface area contributed by atoms with Gasteiger partial charge in [0.2, 0.25) is 11.8 Å². The van der Waals surface area contributed by atoms with Gasteiger partial charge in [-0.3, -0.25) is 20.2 Å². The van der Waals surface area contributed by atoms with Gasteiger partial charge >= 0.3 is 0 Å². The Morgan fingerprint density at radius 3 is 2.57 bits per heavy atom. The summed E-state index contributed by atoms with van der Waals surface area (Å²) in [6, 6.07) is 0. The zero-order valence-corrected chi connectivity index (χ0v) is 8.35. The van der Waals surface area contributed by atoms with Crippen molar-refractivity contribution in [2.24, 2.45) is 0 Å². The number of imide groups is 1. The zero-order chi connectivity index (χ0) is 10.4. The zero-order valence-electron chi connectivity index (χ0n) is 8.35. The highest BCUT2D eigenvalue weighted by atomic mass is 16.5. The minimum absolute atomic E-state index is 0.265. The molecule has 1 spiro atoms. The molecular formula is C9H14N2O3. The summed E-state index contributed by atoms with van der Waals surface area (Å²) in [5, 5.41) is 5.46. The molecule has 2 N–H and O–H groups in total. The van der Waals surface area contributed by atoms with Gasteiger partial charge in [-0.1, -0.05) is 0 Å². The number of rotatable bonds is 0. The van der Waals surface area contributed by atoms with Gasteiger partial charge in [0, 0.05) is 13.0 Å². The van der Waals surface area contributed by atoms with E-state index >= 15 is 0 Å². The normalized spacial score (nSPS) is 36.1. The van der Waals surface area contributed by atoms with Crippen LogP contribution in [-0.2, 0) is 14.3 Å². The van der Waals surface area contributed by atoms with E-state index in [1.165, 1.54) is 0 Å². The summed E-state index contributed by atoms with van der Waals surface area (Å²) < 4.78 is 5.20. The first-order valence-corrected chi connectivity index (χ1v) is 4.69. The molecule has 2 aliphatic heterocycles.